The molecule has 0 bridgehead atoms. The Labute approximate surface area is 504 Å². The van der Waals surface area contributed by atoms with Gasteiger partial charge in [0.2, 0.25) is 5.60 Å². The molecule has 15 heteroatoms. The molecule has 2 amide bonds. The highest BCUT2D eigenvalue weighted by Gasteiger charge is 2.66. The number of thiazole rings is 2. The number of halogens is 1. The van der Waals surface area contributed by atoms with E-state index in [2.05, 4.69) is 47.1 Å². The smallest absolute Gasteiger partial charge is 0.397 e. The van der Waals surface area contributed by atoms with Crippen LogP contribution in [0.1, 0.15) is 86.1 Å². The molecule has 2 N–H and O–H groups in total. The lowest BCUT2D eigenvalue weighted by molar-refractivity contribution is -0.904. The van der Waals surface area contributed by atoms with Gasteiger partial charge in [0.25, 0.3) is 5.70 Å². The number of thioether (sulfide) groups is 1. The number of β-lactam (4-membered cyclic amide) rings is 1. The lowest BCUT2D eigenvalue weighted by Crippen LogP contribution is -2.78. The van der Waals surface area contributed by atoms with Crippen LogP contribution in [0, 0.1) is 13.8 Å². The molecule has 8 aromatic carbocycles. The van der Waals surface area contributed by atoms with Crippen LogP contribution in [0.15, 0.2) is 263 Å². The zero-order valence-electron chi connectivity index (χ0n) is 45.8. The summed E-state index contributed by atoms with van der Waals surface area (Å²) in [6, 6.07) is 77.6. The summed E-state index contributed by atoms with van der Waals surface area (Å²) in [4.78, 5) is 66.0. The molecule has 0 spiro atoms. The maximum absolute atomic E-state index is 16.3. The van der Waals surface area contributed by atoms with Gasteiger partial charge < -0.3 is 14.9 Å². The fraction of sp³-hybridized carbons (Fsp3) is 0.130. The van der Waals surface area contributed by atoms with Crippen molar-refractivity contribution >= 4 is 74.7 Å². The maximum atomic E-state index is 16.3. The number of hydrogen-bond donors (Lipinski definition) is 2. The van der Waals surface area contributed by atoms with Gasteiger partial charge >= 0.3 is 17.8 Å². The van der Waals surface area contributed by atoms with Crippen LogP contribution in [0.2, 0.25) is 4.34 Å². The normalized spacial score (nSPS) is 16.1. The monoisotopic (exact) mass is 1180 g/mol. The third-order valence-electron chi connectivity index (χ3n) is 15.5. The van der Waals surface area contributed by atoms with Gasteiger partial charge in [0.15, 0.2) is 21.3 Å². The van der Waals surface area contributed by atoms with Crippen molar-refractivity contribution in [3.05, 3.63) is 318 Å². The van der Waals surface area contributed by atoms with E-state index >= 15 is 14.4 Å². The second kappa shape index (κ2) is 24.2. The number of oxime groups is 1. The van der Waals surface area contributed by atoms with Crippen LogP contribution in [-0.4, -0.2) is 44.1 Å². The van der Waals surface area contributed by atoms with E-state index in [9.17, 15) is 0 Å². The fourth-order valence-electron chi connectivity index (χ4n) is 11.3. The van der Waals surface area contributed by atoms with Crippen molar-refractivity contribution in [1.82, 2.24) is 15.4 Å². The number of carbonyl (C=O) groups is 3. The van der Waals surface area contributed by atoms with Crippen LogP contribution in [0.4, 0.5) is 5.13 Å². The van der Waals surface area contributed by atoms with Crippen LogP contribution in [0.25, 0.3) is 0 Å². The quantitative estimate of drug-likeness (QED) is 0.0203. The van der Waals surface area contributed by atoms with E-state index in [1.807, 2.05) is 220 Å². The summed E-state index contributed by atoms with van der Waals surface area (Å²) in [7, 11) is 0. The number of ether oxygens (including phenoxy) is 1. The highest BCUT2D eigenvalue weighted by molar-refractivity contribution is 8.04. The number of anilines is 1. The molecular weight excluding hydrogens is 1120 g/mol. The summed E-state index contributed by atoms with van der Waals surface area (Å²) in [6.07, 6.45) is 0.0688. The molecule has 10 aromatic rings. The van der Waals surface area contributed by atoms with E-state index in [-0.39, 0.29) is 27.9 Å². The third-order valence-corrected chi connectivity index (χ3v) is 19.0. The van der Waals surface area contributed by atoms with Crippen LogP contribution in [-0.2, 0) is 35.1 Å². The van der Waals surface area contributed by atoms with Crippen molar-refractivity contribution in [2.24, 2.45) is 5.16 Å². The van der Waals surface area contributed by atoms with Crippen molar-refractivity contribution in [2.75, 3.05) is 5.32 Å². The molecule has 416 valence electrons. The van der Waals surface area contributed by atoms with Gasteiger partial charge in [-0.2, -0.15) is 5.43 Å². The zero-order valence-corrected chi connectivity index (χ0v) is 49.0. The molecular formula is C69H56ClN6O5S3+. The molecule has 2 atom stereocenters. The van der Waals surface area contributed by atoms with Gasteiger partial charge in [-0.1, -0.05) is 283 Å². The number of carbonyl (C=O) groups excluding carboxylic acids is 3. The average molecular weight is 1180 g/mol. The SMILES string of the molecule is Cc1nc(SC2=C(C(=O)OC(c3ccccc3)c3ccccc3)[N+]3(NC(=O)C(=NOC(c4ccccc4)(c4ccccc4)c4ccccc4)c4nc(NC(c5ccccc5)(c5ccccc5)c5ccccc5)sc4Cl)C(=O)C[C@H]3CC2)sc1C. The van der Waals surface area contributed by atoms with E-state index in [1.165, 1.54) is 23.1 Å². The number of quaternary nitrogens is 1. The summed E-state index contributed by atoms with van der Waals surface area (Å²) in [5.74, 6) is -2.07. The third kappa shape index (κ3) is 10.6. The summed E-state index contributed by atoms with van der Waals surface area (Å²) in [6.45, 7) is 3.93. The van der Waals surface area contributed by atoms with E-state index in [4.69, 9.17) is 36.3 Å². The number of fused-ring (bicyclic) bond motifs is 1. The van der Waals surface area contributed by atoms with Crippen LogP contribution >= 0.6 is 46.0 Å². The van der Waals surface area contributed by atoms with E-state index < -0.39 is 45.7 Å². The summed E-state index contributed by atoms with van der Waals surface area (Å²) < 4.78 is 6.62. The van der Waals surface area contributed by atoms with E-state index in [0.29, 0.717) is 43.9 Å². The molecule has 2 aromatic heterocycles. The predicted octanol–water partition coefficient (Wildman–Crippen LogP) is 15.3. The summed E-state index contributed by atoms with van der Waals surface area (Å²) >= 11 is 11.5. The Morgan fingerprint density at radius 1 is 0.631 bits per heavy atom. The van der Waals surface area contributed by atoms with Gasteiger partial charge in [-0.15, -0.1) is 15.9 Å². The van der Waals surface area contributed by atoms with Gasteiger partial charge in [0, 0.05) is 28.0 Å². The number of benzene rings is 8. The fourth-order valence-corrected chi connectivity index (χ4v) is 14.9. The maximum Gasteiger partial charge on any atom is 0.397 e. The van der Waals surface area contributed by atoms with E-state index in [0.717, 1.165) is 49.7 Å². The molecule has 0 aliphatic carbocycles. The van der Waals surface area contributed by atoms with Crippen molar-refractivity contribution in [3.63, 3.8) is 0 Å². The molecule has 1 unspecified atom stereocenters. The molecule has 2 aliphatic rings. The molecule has 0 radical (unpaired) electrons. The Bertz CT molecular complexity index is 3770. The van der Waals surface area contributed by atoms with Crippen molar-refractivity contribution in [2.45, 2.75) is 60.7 Å². The lowest BCUT2D eigenvalue weighted by atomic mass is 9.77. The molecule has 84 heavy (non-hydrogen) atoms. The zero-order chi connectivity index (χ0) is 57.7. The molecule has 2 aliphatic heterocycles. The van der Waals surface area contributed by atoms with Crippen LogP contribution in [0.5, 0.6) is 0 Å². The highest BCUT2D eigenvalue weighted by atomic mass is 35.5. The minimum absolute atomic E-state index is 0.0132. The second-order valence-corrected chi connectivity index (χ2v) is 24.6. The van der Waals surface area contributed by atoms with Gasteiger partial charge in [0.05, 0.1) is 10.6 Å². The first-order chi connectivity index (χ1) is 41.1. The number of nitrogens with one attached hydrogen (secondary N) is 2. The first-order valence-electron chi connectivity index (χ1n) is 27.5. The lowest BCUT2D eigenvalue weighted by Gasteiger charge is -2.50. The summed E-state index contributed by atoms with van der Waals surface area (Å²) in [5.41, 5.74) is 7.41. The Morgan fingerprint density at radius 2 is 1.07 bits per heavy atom. The van der Waals surface area contributed by atoms with Crippen LogP contribution < -0.4 is 10.7 Å². The molecule has 1 fully saturated rings. The van der Waals surface area contributed by atoms with Crippen molar-refractivity contribution < 1.29 is 28.6 Å². The first kappa shape index (κ1) is 55.8. The van der Waals surface area contributed by atoms with Gasteiger partial charge in [0.1, 0.15) is 28.0 Å². The minimum Gasteiger partial charge on any atom is -0.445 e. The molecule has 4 heterocycles. The Balaban J connectivity index is 1.04. The number of aryl methyl sites for hydroxylation is 2. The van der Waals surface area contributed by atoms with Crippen molar-refractivity contribution in [1.29, 1.82) is 0 Å². The van der Waals surface area contributed by atoms with Crippen LogP contribution in [0.3, 0.4) is 0 Å². The number of nitrogens with zero attached hydrogens (tertiary/aromatic N) is 4. The summed E-state index contributed by atoms with van der Waals surface area (Å²) in [5, 5.41) is 9.15. The predicted molar refractivity (Wildman–Crippen MR) is 333 cm³/mol. The topological polar surface area (TPSA) is 132 Å². The molecule has 0 saturated carbocycles. The number of rotatable bonds is 19. The molecule has 1 saturated heterocycles. The second-order valence-electron chi connectivity index (χ2n) is 20.5. The Kier molecular flexibility index (Phi) is 16.1. The number of aromatic nitrogens is 2. The van der Waals surface area contributed by atoms with Gasteiger partial charge in [-0.05, 0) is 48.1 Å². The standard InChI is InChI=1S/C69H55ClN6O5S3/c1-46-47(2)82-67(71-46)83-57-44-43-56-45-58(77)76(56,61(57)65(79)80-62(48-27-11-3-12-28-48)49-29-13-4-14-30-49)74-64(78)60(75-81-69(53-37-21-8-22-38-53,54-39-23-9-24-40-54)55-41-25-10-26-42-55)59-63(70)84-66(72-59)73-68(50-31-15-5-16-32-50,51-33-17-6-18-34-51)52-35-19-7-20-36-52/h3-42,56,62H,43-45H2,1-2H3,(H-,72,73,74,78)/p+1/t56-,76?/m1/s1. The highest BCUT2D eigenvalue weighted by Crippen LogP contribution is 2.50. The minimum atomic E-state index is -1.47. The molecule has 12 rings (SSSR count). The number of amides is 2. The largest absolute Gasteiger partial charge is 0.445 e. The number of allylic oxidation sites excluding steroid dienone is 1. The van der Waals surface area contributed by atoms with Crippen molar-refractivity contribution in [3.8, 4) is 0 Å². The number of hydrogen-bond acceptors (Lipinski definition) is 12. The first-order valence-corrected chi connectivity index (χ1v) is 30.4. The molecule has 11 nitrogen and oxygen atoms in total. The average Bonchev–Trinajstić information content (AvgIpc) is 3.24. The Hall–Kier alpha value is -8.76. The number of esters is 1. The Morgan fingerprint density at radius 3 is 1.50 bits per heavy atom. The van der Waals surface area contributed by atoms with Gasteiger partial charge in [-0.25, -0.2) is 19.6 Å². The van der Waals surface area contributed by atoms with Gasteiger partial charge in [-0.3, -0.25) is 4.79 Å². The van der Waals surface area contributed by atoms with E-state index in [1.54, 1.807) is 0 Å².